The lowest BCUT2D eigenvalue weighted by molar-refractivity contribution is -0.588. The maximum atomic E-state index is 13.1. The summed E-state index contributed by atoms with van der Waals surface area (Å²) < 4.78 is 62.2. The molecule has 3 spiro atoms. The van der Waals surface area contributed by atoms with Crippen LogP contribution in [0.5, 0.6) is 0 Å². The van der Waals surface area contributed by atoms with E-state index < -0.39 is 88.3 Å². The van der Waals surface area contributed by atoms with Gasteiger partial charge in [-0.1, -0.05) is 55.4 Å². The zero-order valence-electron chi connectivity index (χ0n) is 43.0. The smallest absolute Gasteiger partial charge is 0.207 e. The molecule has 6 bridgehead atoms. The lowest BCUT2D eigenvalue weighted by Gasteiger charge is -2.65. The van der Waals surface area contributed by atoms with E-state index in [1.807, 2.05) is 20.8 Å². The van der Waals surface area contributed by atoms with Gasteiger partial charge < -0.3 is 47.9 Å². The summed E-state index contributed by atoms with van der Waals surface area (Å²) in [5, 5.41) is 3.17. The van der Waals surface area contributed by atoms with Crippen molar-refractivity contribution in [3.05, 3.63) is 0 Å². The molecular formula is C52H81NO16. The molecule has 0 aromatic carbocycles. The average molecular weight is 976 g/mol. The molecular weight excluding hydrogens is 895 g/mol. The van der Waals surface area contributed by atoms with Crippen LogP contribution in [-0.4, -0.2) is 104 Å². The molecule has 3 saturated carbocycles. The molecule has 0 aromatic heterocycles. The zero-order chi connectivity index (χ0) is 48.4. The first-order valence-corrected chi connectivity index (χ1v) is 26.9. The second-order valence-electron chi connectivity index (χ2n) is 25.6. The van der Waals surface area contributed by atoms with Gasteiger partial charge in [0.15, 0.2) is 54.5 Å². The SMILES string of the molecule is C[C@@H]1CC[C@H]2[C@@H](C)C(OCC(COC3O[C@@H]4O[C@@]5(C)CC[C@H]6[C@H](C)CC[C@@](C)([C@H]3C)[C@@]46OO5)(COC3O[C@@H]4O[C@@]5(C)CC[C@H]6[C@H](C)CC[C@@](C)([C@H]3C)[C@@]46OO5)NC=O)O[C@@H]3O[C@@]4(C)CC[C@@H]1[C@]32OO4. The van der Waals surface area contributed by atoms with Gasteiger partial charge in [0.25, 0.3) is 0 Å². The second kappa shape index (κ2) is 16.4. The van der Waals surface area contributed by atoms with Crippen molar-refractivity contribution in [1.82, 2.24) is 5.32 Å². The molecule has 17 heteroatoms. The van der Waals surface area contributed by atoms with E-state index in [-0.39, 0.29) is 61.2 Å². The Labute approximate surface area is 407 Å². The van der Waals surface area contributed by atoms with Crippen molar-refractivity contribution in [2.24, 2.45) is 70.0 Å². The molecule has 15 rings (SSSR count). The molecule has 3 aliphatic carbocycles. The van der Waals surface area contributed by atoms with Gasteiger partial charge in [-0.25, -0.2) is 29.3 Å². The minimum atomic E-state index is -1.27. The fraction of sp³-hybridized carbons (Fsp3) is 0.981. The van der Waals surface area contributed by atoms with E-state index >= 15 is 0 Å². The standard InChI is InChI=1S/C52H81NO16/c1-28-12-13-37-31(4)38(58-41-50(37)34(28)16-21-46(9,61-41)64-67-50)55-24-49(53-27-54,25-56-39-32(5)44(7)19-14-29(2)35-17-22-47(10)62-42(59-39)51(35,44)68-65-47)26-57-40-33(6)45(8)20-15-30(3)36-18-23-48(11)63-43(60-40)52(36,45)69-66-48/h27-43H,12-26H2,1-11H3,(H,53,54)/t28-,29-,30-,31-,32+,33+,34+,35+,36+,37+,38?,39?,40?,41-,42-,43-,44+,45+,46-,47-,48-,49?,50-,51+,52+/m1/s1. The number of nitrogens with one attached hydrogen (secondary N) is 1. The van der Waals surface area contributed by atoms with Crippen LogP contribution in [-0.2, 0) is 76.8 Å². The number of fused-ring (bicyclic) bond motifs is 6. The van der Waals surface area contributed by atoms with Gasteiger partial charge in [-0.3, -0.25) is 4.79 Å². The first kappa shape index (κ1) is 48.8. The Morgan fingerprint density at radius 1 is 0.493 bits per heavy atom. The van der Waals surface area contributed by atoms with Gasteiger partial charge in [-0.05, 0) is 114 Å². The normalized spacial score (nSPS) is 58.8. The van der Waals surface area contributed by atoms with Crippen LogP contribution in [0, 0.1) is 70.0 Å². The monoisotopic (exact) mass is 976 g/mol. The van der Waals surface area contributed by atoms with Gasteiger partial charge in [0.1, 0.15) is 5.54 Å². The van der Waals surface area contributed by atoms with E-state index in [0.717, 1.165) is 57.8 Å². The summed E-state index contributed by atoms with van der Waals surface area (Å²) in [6.45, 7) is 23.6. The molecule has 69 heavy (non-hydrogen) atoms. The highest BCUT2D eigenvalue weighted by atomic mass is 17.3. The second-order valence-corrected chi connectivity index (χ2v) is 25.6. The highest BCUT2D eigenvalue weighted by Gasteiger charge is 2.77. The van der Waals surface area contributed by atoms with Crippen LogP contribution in [0.1, 0.15) is 153 Å². The van der Waals surface area contributed by atoms with Gasteiger partial charge in [0.2, 0.25) is 23.8 Å². The fourth-order valence-electron chi connectivity index (χ4n) is 16.9. The summed E-state index contributed by atoms with van der Waals surface area (Å²) in [6, 6.07) is 0. The summed E-state index contributed by atoms with van der Waals surface area (Å²) in [4.78, 5) is 51.1. The van der Waals surface area contributed by atoms with Gasteiger partial charge in [-0.15, -0.1) is 0 Å². The number of carbonyl (C=O) groups excluding carboxylic acids is 1. The first-order valence-electron chi connectivity index (χ1n) is 26.9. The number of ether oxygens (including phenoxy) is 9. The Kier molecular flexibility index (Phi) is 11.6. The van der Waals surface area contributed by atoms with Crippen LogP contribution in [0.3, 0.4) is 0 Å². The van der Waals surface area contributed by atoms with Crippen molar-refractivity contribution in [3.8, 4) is 0 Å². The molecule has 12 aliphatic heterocycles. The lowest BCUT2D eigenvalue weighted by Crippen LogP contribution is -2.75. The third-order valence-corrected chi connectivity index (χ3v) is 21.8. The van der Waals surface area contributed by atoms with E-state index in [2.05, 4.69) is 60.7 Å². The molecule has 0 aromatic rings. The molecule has 24 atom stereocenters. The molecule has 1 amide bonds. The van der Waals surface area contributed by atoms with Crippen molar-refractivity contribution < 1.29 is 76.8 Å². The summed E-state index contributed by atoms with van der Waals surface area (Å²) in [5.74, 6) is -1.50. The highest BCUT2D eigenvalue weighted by Crippen LogP contribution is 2.68. The molecule has 0 radical (unpaired) electrons. The Bertz CT molecular complexity index is 1900. The van der Waals surface area contributed by atoms with Crippen LogP contribution in [0.25, 0.3) is 0 Å². The lowest BCUT2D eigenvalue weighted by atomic mass is 9.50. The summed E-state index contributed by atoms with van der Waals surface area (Å²) in [7, 11) is 0. The molecule has 12 heterocycles. The van der Waals surface area contributed by atoms with Crippen molar-refractivity contribution in [1.29, 1.82) is 0 Å². The maximum Gasteiger partial charge on any atom is 0.207 e. The Morgan fingerprint density at radius 3 is 1.43 bits per heavy atom. The molecule has 1 N–H and O–H groups in total. The van der Waals surface area contributed by atoms with Crippen LogP contribution >= 0.6 is 0 Å². The summed E-state index contributed by atoms with van der Waals surface area (Å²) in [6.07, 6.45) is 6.95. The predicted molar refractivity (Wildman–Crippen MR) is 240 cm³/mol. The minimum Gasteiger partial charge on any atom is -0.350 e. The Balaban J connectivity index is 0.851. The quantitative estimate of drug-likeness (QED) is 0.156. The highest BCUT2D eigenvalue weighted by molar-refractivity contribution is 5.48. The third-order valence-electron chi connectivity index (χ3n) is 21.8. The average Bonchev–Trinajstić information content (AvgIpc) is 3.81. The molecule has 390 valence electrons. The van der Waals surface area contributed by atoms with E-state index in [4.69, 9.17) is 72.0 Å². The number of hydrogen-bond donors (Lipinski definition) is 1. The number of rotatable bonds is 11. The first-order chi connectivity index (χ1) is 32.7. The zero-order valence-corrected chi connectivity index (χ0v) is 43.0. The molecule has 15 fully saturated rings. The van der Waals surface area contributed by atoms with Gasteiger partial charge in [0, 0.05) is 53.8 Å². The topological polar surface area (TPSA) is 168 Å². The fourth-order valence-corrected chi connectivity index (χ4v) is 16.9. The van der Waals surface area contributed by atoms with Crippen molar-refractivity contribution >= 4 is 6.41 Å². The van der Waals surface area contributed by atoms with Crippen molar-refractivity contribution in [3.63, 3.8) is 0 Å². The maximum absolute atomic E-state index is 13.1. The molecule has 12 saturated heterocycles. The van der Waals surface area contributed by atoms with Crippen LogP contribution in [0.4, 0.5) is 0 Å². The number of carbonyl (C=O) groups is 1. The molecule has 3 unspecified atom stereocenters. The minimum absolute atomic E-state index is 0.0324. The number of hydrogen-bond acceptors (Lipinski definition) is 16. The molecule has 15 aliphatic rings. The molecule has 17 nitrogen and oxygen atoms in total. The van der Waals surface area contributed by atoms with Crippen LogP contribution in [0.15, 0.2) is 0 Å². The summed E-state index contributed by atoms with van der Waals surface area (Å²) >= 11 is 0. The van der Waals surface area contributed by atoms with Gasteiger partial charge in [0.05, 0.1) is 19.8 Å². The Hall–Kier alpha value is -1.13. The van der Waals surface area contributed by atoms with E-state index in [9.17, 15) is 4.79 Å². The third kappa shape index (κ3) is 6.77. The van der Waals surface area contributed by atoms with Gasteiger partial charge in [-0.2, -0.15) is 0 Å². The van der Waals surface area contributed by atoms with Crippen LogP contribution in [0.2, 0.25) is 0 Å². The van der Waals surface area contributed by atoms with E-state index in [1.54, 1.807) is 0 Å². The van der Waals surface area contributed by atoms with Gasteiger partial charge >= 0.3 is 0 Å². The van der Waals surface area contributed by atoms with E-state index in [0.29, 0.717) is 43.4 Å². The number of amides is 1. The van der Waals surface area contributed by atoms with E-state index in [1.165, 1.54) is 0 Å². The summed E-state index contributed by atoms with van der Waals surface area (Å²) in [5.41, 5.74) is -4.53. The van der Waals surface area contributed by atoms with Crippen LogP contribution < -0.4 is 5.32 Å². The largest absolute Gasteiger partial charge is 0.350 e. The predicted octanol–water partition coefficient (Wildman–Crippen LogP) is 7.93. The van der Waals surface area contributed by atoms with Crippen molar-refractivity contribution in [2.75, 3.05) is 19.8 Å². The van der Waals surface area contributed by atoms with Crippen molar-refractivity contribution in [2.45, 2.75) is 231 Å². The Morgan fingerprint density at radius 2 is 0.928 bits per heavy atom.